The number of fused-ring (bicyclic) bond motifs is 1. The summed E-state index contributed by atoms with van der Waals surface area (Å²) in [6.45, 7) is 5.48. The van der Waals surface area contributed by atoms with Gasteiger partial charge in [0.25, 0.3) is 0 Å². The highest BCUT2D eigenvalue weighted by Crippen LogP contribution is 2.34. The molecular formula is C16H28N2O. The number of carbonyl (C=O) groups is 1. The molecule has 1 amide bonds. The number of rotatable bonds is 1. The van der Waals surface area contributed by atoms with Crippen molar-refractivity contribution in [2.45, 2.75) is 76.9 Å². The number of likely N-dealkylation sites (tertiary alicyclic amines) is 1. The zero-order chi connectivity index (χ0) is 13.4. The second kappa shape index (κ2) is 5.43. The standard InChI is InChI=1S/C16H28N2O/c1-11-6-5-9-18(12(11)2)16(19)15-10-13-7-3-4-8-14(13)17-15/h11-15,17H,3-10H2,1-2H3. The molecule has 2 saturated heterocycles. The zero-order valence-corrected chi connectivity index (χ0v) is 12.4. The van der Waals surface area contributed by atoms with Crippen molar-refractivity contribution in [1.82, 2.24) is 10.2 Å². The SMILES string of the molecule is CC1CCCN(C(=O)C2CC3CCCCC3N2)C1C. The van der Waals surface area contributed by atoms with Crippen molar-refractivity contribution in [3.8, 4) is 0 Å². The van der Waals surface area contributed by atoms with Gasteiger partial charge >= 0.3 is 0 Å². The molecule has 0 aromatic carbocycles. The summed E-state index contributed by atoms with van der Waals surface area (Å²) in [6.07, 6.45) is 8.84. The van der Waals surface area contributed by atoms with Crippen LogP contribution in [0, 0.1) is 11.8 Å². The monoisotopic (exact) mass is 264 g/mol. The number of piperidine rings is 1. The second-order valence-electron chi connectivity index (χ2n) is 7.00. The van der Waals surface area contributed by atoms with Gasteiger partial charge in [-0.25, -0.2) is 0 Å². The van der Waals surface area contributed by atoms with Crippen LogP contribution in [0.2, 0.25) is 0 Å². The van der Waals surface area contributed by atoms with Gasteiger partial charge in [-0.05, 0) is 50.9 Å². The molecule has 0 radical (unpaired) electrons. The molecular weight excluding hydrogens is 236 g/mol. The molecule has 19 heavy (non-hydrogen) atoms. The predicted molar refractivity (Wildman–Crippen MR) is 76.9 cm³/mol. The van der Waals surface area contributed by atoms with Gasteiger partial charge in [-0.3, -0.25) is 4.79 Å². The Morgan fingerprint density at radius 1 is 1.11 bits per heavy atom. The lowest BCUT2D eigenvalue weighted by Crippen LogP contribution is -2.52. The lowest BCUT2D eigenvalue weighted by Gasteiger charge is -2.39. The van der Waals surface area contributed by atoms with E-state index in [-0.39, 0.29) is 6.04 Å². The van der Waals surface area contributed by atoms with Crippen molar-refractivity contribution in [1.29, 1.82) is 0 Å². The summed E-state index contributed by atoms with van der Waals surface area (Å²) >= 11 is 0. The molecule has 0 aromatic rings. The van der Waals surface area contributed by atoms with E-state index in [2.05, 4.69) is 24.1 Å². The fourth-order valence-electron chi connectivity index (χ4n) is 4.36. The van der Waals surface area contributed by atoms with E-state index in [9.17, 15) is 4.79 Å². The lowest BCUT2D eigenvalue weighted by atomic mass is 9.85. The molecule has 1 saturated carbocycles. The summed E-state index contributed by atoms with van der Waals surface area (Å²) in [7, 11) is 0. The van der Waals surface area contributed by atoms with Crippen LogP contribution in [0.15, 0.2) is 0 Å². The number of hydrogen-bond donors (Lipinski definition) is 1. The third kappa shape index (κ3) is 2.54. The maximum Gasteiger partial charge on any atom is 0.239 e. The molecule has 3 heteroatoms. The molecule has 5 atom stereocenters. The van der Waals surface area contributed by atoms with Gasteiger partial charge < -0.3 is 10.2 Å². The zero-order valence-electron chi connectivity index (χ0n) is 12.4. The van der Waals surface area contributed by atoms with Crippen LogP contribution < -0.4 is 5.32 Å². The predicted octanol–water partition coefficient (Wildman–Crippen LogP) is 2.55. The van der Waals surface area contributed by atoms with Gasteiger partial charge in [-0.1, -0.05) is 19.8 Å². The van der Waals surface area contributed by atoms with E-state index in [1.54, 1.807) is 0 Å². The minimum absolute atomic E-state index is 0.112. The molecule has 3 nitrogen and oxygen atoms in total. The van der Waals surface area contributed by atoms with Gasteiger partial charge in [0.15, 0.2) is 0 Å². The Morgan fingerprint density at radius 2 is 1.89 bits per heavy atom. The van der Waals surface area contributed by atoms with E-state index in [1.165, 1.54) is 38.5 Å². The number of carbonyl (C=O) groups excluding carboxylic acids is 1. The molecule has 3 fully saturated rings. The second-order valence-corrected chi connectivity index (χ2v) is 7.00. The Kier molecular flexibility index (Phi) is 3.84. The fourth-order valence-corrected chi connectivity index (χ4v) is 4.36. The third-order valence-corrected chi connectivity index (χ3v) is 5.82. The number of hydrogen-bond acceptors (Lipinski definition) is 2. The van der Waals surface area contributed by atoms with Crippen LogP contribution in [-0.4, -0.2) is 35.5 Å². The Morgan fingerprint density at radius 3 is 2.68 bits per heavy atom. The van der Waals surface area contributed by atoms with Crippen molar-refractivity contribution in [2.75, 3.05) is 6.54 Å². The average Bonchev–Trinajstić information content (AvgIpc) is 2.85. The lowest BCUT2D eigenvalue weighted by molar-refractivity contribution is -0.137. The quantitative estimate of drug-likeness (QED) is 0.789. The molecule has 1 N–H and O–H groups in total. The van der Waals surface area contributed by atoms with Gasteiger partial charge in [-0.2, -0.15) is 0 Å². The van der Waals surface area contributed by atoms with E-state index < -0.39 is 0 Å². The van der Waals surface area contributed by atoms with Gasteiger partial charge in [-0.15, -0.1) is 0 Å². The van der Waals surface area contributed by atoms with Crippen LogP contribution in [0.25, 0.3) is 0 Å². The molecule has 108 valence electrons. The number of nitrogens with zero attached hydrogens (tertiary/aromatic N) is 1. The molecule has 0 spiro atoms. The Hall–Kier alpha value is -0.570. The molecule has 2 aliphatic heterocycles. The largest absolute Gasteiger partial charge is 0.338 e. The van der Waals surface area contributed by atoms with E-state index in [1.807, 2.05) is 0 Å². The van der Waals surface area contributed by atoms with E-state index in [0.29, 0.717) is 23.9 Å². The highest BCUT2D eigenvalue weighted by atomic mass is 16.2. The van der Waals surface area contributed by atoms with Crippen molar-refractivity contribution in [3.05, 3.63) is 0 Å². The van der Waals surface area contributed by atoms with E-state index in [0.717, 1.165) is 18.9 Å². The molecule has 0 bridgehead atoms. The Bertz CT molecular complexity index is 330. The van der Waals surface area contributed by atoms with Crippen LogP contribution in [0.4, 0.5) is 0 Å². The molecule has 1 aliphatic carbocycles. The van der Waals surface area contributed by atoms with Crippen LogP contribution in [0.1, 0.15) is 58.8 Å². The first-order valence-electron chi connectivity index (χ1n) is 8.23. The Balaban J connectivity index is 1.64. The maximum absolute atomic E-state index is 12.8. The van der Waals surface area contributed by atoms with Crippen LogP contribution in [0.5, 0.6) is 0 Å². The summed E-state index contributed by atoms with van der Waals surface area (Å²) in [6, 6.07) is 1.16. The topological polar surface area (TPSA) is 32.3 Å². The van der Waals surface area contributed by atoms with Crippen molar-refractivity contribution < 1.29 is 4.79 Å². The average molecular weight is 264 g/mol. The van der Waals surface area contributed by atoms with E-state index in [4.69, 9.17) is 0 Å². The maximum atomic E-state index is 12.8. The van der Waals surface area contributed by atoms with Crippen molar-refractivity contribution in [2.24, 2.45) is 11.8 Å². The van der Waals surface area contributed by atoms with Crippen molar-refractivity contribution in [3.63, 3.8) is 0 Å². The number of amides is 1. The Labute approximate surface area is 117 Å². The molecule has 0 aromatic heterocycles. The van der Waals surface area contributed by atoms with E-state index >= 15 is 0 Å². The van der Waals surface area contributed by atoms with Gasteiger partial charge in [0.1, 0.15) is 0 Å². The normalized spacial score (nSPS) is 43.1. The van der Waals surface area contributed by atoms with Gasteiger partial charge in [0.2, 0.25) is 5.91 Å². The van der Waals surface area contributed by atoms with Crippen LogP contribution >= 0.6 is 0 Å². The summed E-state index contributed by atoms with van der Waals surface area (Å²) in [4.78, 5) is 14.9. The summed E-state index contributed by atoms with van der Waals surface area (Å²) in [5, 5.41) is 3.63. The minimum Gasteiger partial charge on any atom is -0.338 e. The highest BCUT2D eigenvalue weighted by Gasteiger charge is 2.41. The number of nitrogens with one attached hydrogen (secondary N) is 1. The van der Waals surface area contributed by atoms with Crippen LogP contribution in [0.3, 0.4) is 0 Å². The first-order valence-corrected chi connectivity index (χ1v) is 8.23. The first-order chi connectivity index (χ1) is 9.16. The molecule has 5 unspecified atom stereocenters. The molecule has 2 heterocycles. The van der Waals surface area contributed by atoms with Crippen molar-refractivity contribution >= 4 is 5.91 Å². The molecule has 3 aliphatic rings. The highest BCUT2D eigenvalue weighted by molar-refractivity contribution is 5.82. The fraction of sp³-hybridized carbons (Fsp3) is 0.938. The third-order valence-electron chi connectivity index (χ3n) is 5.82. The molecule has 3 rings (SSSR count). The van der Waals surface area contributed by atoms with Gasteiger partial charge in [0, 0.05) is 18.6 Å². The first kappa shape index (κ1) is 13.4. The minimum atomic E-state index is 0.112. The smallest absolute Gasteiger partial charge is 0.239 e. The summed E-state index contributed by atoms with van der Waals surface area (Å²) in [5.41, 5.74) is 0. The van der Waals surface area contributed by atoms with Crippen LogP contribution in [-0.2, 0) is 4.79 Å². The summed E-state index contributed by atoms with van der Waals surface area (Å²) in [5.74, 6) is 1.80. The van der Waals surface area contributed by atoms with Gasteiger partial charge in [0.05, 0.1) is 6.04 Å². The summed E-state index contributed by atoms with van der Waals surface area (Å²) < 4.78 is 0.